The maximum absolute atomic E-state index is 11.2. The number of methoxy groups -OCH3 is 2. The first kappa shape index (κ1) is 18.6. The number of thioether (sulfide) groups is 1. The number of benzene rings is 1. The molecule has 0 saturated heterocycles. The van der Waals surface area contributed by atoms with Crippen molar-refractivity contribution >= 4 is 17.7 Å². The SMILES string of the molecule is COC(=O)CC/C(C)=C/Cc1cc(SC)c(C)c(C)c1OC. The Morgan fingerprint density at radius 1 is 1.23 bits per heavy atom. The summed E-state index contributed by atoms with van der Waals surface area (Å²) in [6.07, 6.45) is 6.23. The van der Waals surface area contributed by atoms with Crippen molar-refractivity contribution in [2.24, 2.45) is 0 Å². The molecule has 1 aromatic carbocycles. The fourth-order valence-electron chi connectivity index (χ4n) is 2.36. The van der Waals surface area contributed by atoms with Crippen LogP contribution in [0.4, 0.5) is 0 Å². The number of carbonyl (C=O) groups is 1. The predicted molar refractivity (Wildman–Crippen MR) is 93.0 cm³/mol. The maximum atomic E-state index is 11.2. The number of ether oxygens (including phenoxy) is 2. The van der Waals surface area contributed by atoms with Gasteiger partial charge < -0.3 is 9.47 Å². The molecule has 0 saturated carbocycles. The van der Waals surface area contributed by atoms with Crippen molar-refractivity contribution in [3.8, 4) is 5.75 Å². The van der Waals surface area contributed by atoms with Gasteiger partial charge in [0.15, 0.2) is 0 Å². The molecule has 0 aliphatic rings. The van der Waals surface area contributed by atoms with E-state index in [9.17, 15) is 4.79 Å². The zero-order chi connectivity index (χ0) is 16.7. The second kappa shape index (κ2) is 8.89. The molecule has 0 amide bonds. The molecular weight excluding hydrogens is 296 g/mol. The molecule has 0 bridgehead atoms. The van der Waals surface area contributed by atoms with Crippen molar-refractivity contribution in [2.45, 2.75) is 44.9 Å². The average molecular weight is 322 g/mol. The van der Waals surface area contributed by atoms with Crippen LogP contribution < -0.4 is 4.74 Å². The van der Waals surface area contributed by atoms with Gasteiger partial charge >= 0.3 is 5.97 Å². The van der Waals surface area contributed by atoms with E-state index in [0.717, 1.165) is 18.6 Å². The number of hydrogen-bond acceptors (Lipinski definition) is 4. The van der Waals surface area contributed by atoms with E-state index in [4.69, 9.17) is 4.74 Å². The van der Waals surface area contributed by atoms with Crippen molar-refractivity contribution in [3.63, 3.8) is 0 Å². The van der Waals surface area contributed by atoms with Crippen LogP contribution in [0.1, 0.15) is 36.5 Å². The summed E-state index contributed by atoms with van der Waals surface area (Å²) in [6, 6.07) is 2.20. The van der Waals surface area contributed by atoms with Gasteiger partial charge in [-0.2, -0.15) is 0 Å². The largest absolute Gasteiger partial charge is 0.496 e. The Morgan fingerprint density at radius 3 is 2.45 bits per heavy atom. The Labute approximate surface area is 138 Å². The molecule has 122 valence electrons. The third-order valence-electron chi connectivity index (χ3n) is 3.92. The van der Waals surface area contributed by atoms with Crippen molar-refractivity contribution in [2.75, 3.05) is 20.5 Å². The number of rotatable bonds is 7. The van der Waals surface area contributed by atoms with Gasteiger partial charge in [-0.25, -0.2) is 0 Å². The summed E-state index contributed by atoms with van der Waals surface area (Å²) >= 11 is 1.76. The molecule has 1 rings (SSSR count). The molecule has 0 aromatic heterocycles. The molecule has 0 fully saturated rings. The molecule has 0 unspecified atom stereocenters. The standard InChI is InChI=1S/C18H26O3S/c1-12(8-10-17(19)20-4)7-9-15-11-16(22-6)13(2)14(3)18(15)21-5/h7,11H,8-10H2,1-6H3/b12-7+. The lowest BCUT2D eigenvalue weighted by atomic mass is 10.0. The lowest BCUT2D eigenvalue weighted by Crippen LogP contribution is -2.00. The van der Waals surface area contributed by atoms with Crippen molar-refractivity contribution in [1.29, 1.82) is 0 Å². The highest BCUT2D eigenvalue weighted by Gasteiger charge is 2.12. The maximum Gasteiger partial charge on any atom is 0.305 e. The zero-order valence-corrected chi connectivity index (χ0v) is 15.2. The Morgan fingerprint density at radius 2 is 1.91 bits per heavy atom. The highest BCUT2D eigenvalue weighted by molar-refractivity contribution is 7.98. The van der Waals surface area contributed by atoms with E-state index in [1.165, 1.54) is 34.3 Å². The fraction of sp³-hybridized carbons (Fsp3) is 0.500. The van der Waals surface area contributed by atoms with Crippen LogP contribution in [0.5, 0.6) is 5.75 Å². The topological polar surface area (TPSA) is 35.5 Å². The van der Waals surface area contributed by atoms with Gasteiger partial charge in [-0.3, -0.25) is 4.79 Å². The molecule has 0 aliphatic heterocycles. The molecule has 0 atom stereocenters. The quantitative estimate of drug-likeness (QED) is 0.421. The molecule has 4 heteroatoms. The minimum atomic E-state index is -0.166. The molecule has 1 aromatic rings. The first-order valence-electron chi connectivity index (χ1n) is 7.38. The van der Waals surface area contributed by atoms with Crippen LogP contribution in [-0.4, -0.2) is 26.4 Å². The van der Waals surface area contributed by atoms with Crippen molar-refractivity contribution in [3.05, 3.63) is 34.4 Å². The molecule has 0 radical (unpaired) electrons. The molecular formula is C18H26O3S. The van der Waals surface area contributed by atoms with Crippen LogP contribution in [-0.2, 0) is 16.0 Å². The Bertz CT molecular complexity index is 562. The first-order valence-corrected chi connectivity index (χ1v) is 8.60. The van der Waals surface area contributed by atoms with Crippen molar-refractivity contribution in [1.82, 2.24) is 0 Å². The molecule has 0 spiro atoms. The Hall–Kier alpha value is -1.42. The van der Waals surface area contributed by atoms with Gasteiger partial charge in [-0.15, -0.1) is 11.8 Å². The van der Waals surface area contributed by atoms with E-state index < -0.39 is 0 Å². The molecule has 22 heavy (non-hydrogen) atoms. The minimum Gasteiger partial charge on any atom is -0.496 e. The highest BCUT2D eigenvalue weighted by atomic mass is 32.2. The summed E-state index contributed by atoms with van der Waals surface area (Å²) in [5.41, 5.74) is 4.85. The normalized spacial score (nSPS) is 11.5. The van der Waals surface area contributed by atoms with Crippen LogP contribution >= 0.6 is 11.8 Å². The summed E-state index contributed by atoms with van der Waals surface area (Å²) in [7, 11) is 3.14. The van der Waals surface area contributed by atoms with E-state index in [1.807, 2.05) is 6.92 Å². The molecule has 0 N–H and O–H groups in total. The fourth-order valence-corrected chi connectivity index (χ4v) is 3.08. The number of hydrogen-bond donors (Lipinski definition) is 0. The van der Waals surface area contributed by atoms with Gasteiger partial charge in [0.2, 0.25) is 0 Å². The average Bonchev–Trinajstić information content (AvgIpc) is 2.53. The van der Waals surface area contributed by atoms with Gasteiger partial charge in [0, 0.05) is 11.3 Å². The monoisotopic (exact) mass is 322 g/mol. The van der Waals surface area contributed by atoms with Crippen LogP contribution in [0.2, 0.25) is 0 Å². The van der Waals surface area contributed by atoms with Gasteiger partial charge in [0.05, 0.1) is 14.2 Å². The molecule has 0 heterocycles. The summed E-state index contributed by atoms with van der Waals surface area (Å²) in [5, 5.41) is 0. The summed E-state index contributed by atoms with van der Waals surface area (Å²) in [4.78, 5) is 12.5. The van der Waals surface area contributed by atoms with Gasteiger partial charge in [0.1, 0.15) is 5.75 Å². The summed E-state index contributed by atoms with van der Waals surface area (Å²) < 4.78 is 10.3. The van der Waals surface area contributed by atoms with Crippen LogP contribution in [0.15, 0.2) is 22.6 Å². The molecule has 0 aliphatic carbocycles. The second-order valence-electron chi connectivity index (χ2n) is 5.35. The van der Waals surface area contributed by atoms with Crippen LogP contribution in [0.3, 0.4) is 0 Å². The summed E-state index contributed by atoms with van der Waals surface area (Å²) in [5.74, 6) is 0.800. The molecule has 3 nitrogen and oxygen atoms in total. The highest BCUT2D eigenvalue weighted by Crippen LogP contribution is 2.34. The van der Waals surface area contributed by atoms with E-state index in [0.29, 0.717) is 6.42 Å². The van der Waals surface area contributed by atoms with Crippen LogP contribution in [0.25, 0.3) is 0 Å². The minimum absolute atomic E-state index is 0.166. The Kier molecular flexibility index (Phi) is 7.52. The van der Waals surface area contributed by atoms with Crippen LogP contribution in [0, 0.1) is 13.8 Å². The van der Waals surface area contributed by atoms with Gasteiger partial charge in [-0.05, 0) is 62.6 Å². The third-order valence-corrected chi connectivity index (χ3v) is 4.78. The lowest BCUT2D eigenvalue weighted by molar-refractivity contribution is -0.140. The number of allylic oxidation sites excluding steroid dienone is 2. The predicted octanol–water partition coefficient (Wildman–Crippen LogP) is 4.48. The van der Waals surface area contributed by atoms with Gasteiger partial charge in [0.25, 0.3) is 0 Å². The van der Waals surface area contributed by atoms with E-state index in [2.05, 4.69) is 37.0 Å². The number of esters is 1. The second-order valence-corrected chi connectivity index (χ2v) is 6.20. The van der Waals surface area contributed by atoms with E-state index >= 15 is 0 Å². The first-order chi connectivity index (χ1) is 10.4. The number of carbonyl (C=O) groups excluding carboxylic acids is 1. The lowest BCUT2D eigenvalue weighted by Gasteiger charge is -2.16. The van der Waals surface area contributed by atoms with E-state index in [1.54, 1.807) is 18.9 Å². The summed E-state index contributed by atoms with van der Waals surface area (Å²) in [6.45, 7) is 6.28. The smallest absolute Gasteiger partial charge is 0.305 e. The van der Waals surface area contributed by atoms with Gasteiger partial charge in [-0.1, -0.05) is 11.6 Å². The third kappa shape index (κ3) is 4.80. The Balaban J connectivity index is 2.92. The van der Waals surface area contributed by atoms with Crippen molar-refractivity contribution < 1.29 is 14.3 Å². The zero-order valence-electron chi connectivity index (χ0n) is 14.4. The van der Waals surface area contributed by atoms with E-state index in [-0.39, 0.29) is 5.97 Å².